The number of hydrogen-bond donors (Lipinski definition) is 3. The van der Waals surface area contributed by atoms with Gasteiger partial charge in [-0.05, 0) is 11.4 Å². The molecule has 0 atom stereocenters. The normalized spacial score (nSPS) is 11.8. The van der Waals surface area contributed by atoms with E-state index in [1.54, 1.807) is 5.38 Å². The molecule has 56 valence electrons. The molecule has 0 aliphatic heterocycles. The molecule has 1 heterocycles. The van der Waals surface area contributed by atoms with Gasteiger partial charge in [0.1, 0.15) is 4.62 Å². The Labute approximate surface area is 61.5 Å². The third kappa shape index (κ3) is 1.38. The van der Waals surface area contributed by atoms with E-state index in [1.807, 2.05) is 0 Å². The van der Waals surface area contributed by atoms with Crippen molar-refractivity contribution in [3.05, 3.63) is 11.4 Å². The summed E-state index contributed by atoms with van der Waals surface area (Å²) in [7, 11) is -4.11. The molecule has 0 aliphatic rings. The maximum Gasteiger partial charge on any atom is 0.368 e. The van der Waals surface area contributed by atoms with E-state index in [1.165, 1.54) is 6.07 Å². The van der Waals surface area contributed by atoms with Crippen molar-refractivity contribution in [2.45, 2.75) is 0 Å². The molecule has 0 saturated heterocycles. The Balaban J connectivity index is 3.18. The molecular weight excluding hydrogens is 173 g/mol. The molecular formula is C4H6NO3PS. The summed E-state index contributed by atoms with van der Waals surface area (Å²) >= 11 is 0.968. The first-order chi connectivity index (χ1) is 4.52. The SMILES string of the molecule is Nc1ccsc1P(=O)(O)O. The summed E-state index contributed by atoms with van der Waals surface area (Å²) in [5.74, 6) is 0. The van der Waals surface area contributed by atoms with E-state index in [9.17, 15) is 4.57 Å². The smallest absolute Gasteiger partial charge is 0.368 e. The minimum Gasteiger partial charge on any atom is -0.397 e. The van der Waals surface area contributed by atoms with Gasteiger partial charge in [0.25, 0.3) is 0 Å². The lowest BCUT2D eigenvalue weighted by Gasteiger charge is -1.99. The van der Waals surface area contributed by atoms with Crippen LogP contribution in [0.4, 0.5) is 5.69 Å². The quantitative estimate of drug-likeness (QED) is 0.535. The van der Waals surface area contributed by atoms with E-state index in [-0.39, 0.29) is 10.3 Å². The third-order valence-corrected chi connectivity index (χ3v) is 3.49. The highest BCUT2D eigenvalue weighted by Crippen LogP contribution is 2.37. The Bertz CT molecular complexity index is 278. The second-order valence-electron chi connectivity index (χ2n) is 1.73. The zero-order chi connectivity index (χ0) is 7.78. The maximum absolute atomic E-state index is 10.5. The summed E-state index contributed by atoms with van der Waals surface area (Å²) in [4.78, 5) is 17.2. The number of hydrogen-bond acceptors (Lipinski definition) is 3. The molecule has 0 bridgehead atoms. The fourth-order valence-corrected chi connectivity index (χ4v) is 2.24. The Morgan fingerprint density at radius 1 is 1.60 bits per heavy atom. The Hall–Kier alpha value is -0.350. The van der Waals surface area contributed by atoms with Gasteiger partial charge < -0.3 is 15.5 Å². The zero-order valence-corrected chi connectivity index (χ0v) is 6.60. The average molecular weight is 179 g/mol. The van der Waals surface area contributed by atoms with E-state index in [2.05, 4.69) is 0 Å². The summed E-state index contributed by atoms with van der Waals surface area (Å²) in [5, 5.41) is 1.55. The number of thiophene rings is 1. The first-order valence-corrected chi connectivity index (χ1v) is 4.90. The van der Waals surface area contributed by atoms with Crippen molar-refractivity contribution in [2.75, 3.05) is 5.73 Å². The Kier molecular flexibility index (Phi) is 1.83. The zero-order valence-electron chi connectivity index (χ0n) is 4.89. The van der Waals surface area contributed by atoms with Crippen LogP contribution in [0.1, 0.15) is 0 Å². The van der Waals surface area contributed by atoms with Crippen molar-refractivity contribution in [3.63, 3.8) is 0 Å². The number of anilines is 1. The van der Waals surface area contributed by atoms with Crippen LogP contribution >= 0.6 is 18.9 Å². The fourth-order valence-electron chi connectivity index (χ4n) is 0.548. The monoisotopic (exact) mass is 179 g/mol. The average Bonchev–Trinajstić information content (AvgIpc) is 2.11. The van der Waals surface area contributed by atoms with Crippen LogP contribution in [0.5, 0.6) is 0 Å². The van der Waals surface area contributed by atoms with E-state index in [4.69, 9.17) is 15.5 Å². The van der Waals surface area contributed by atoms with Gasteiger partial charge in [-0.3, -0.25) is 4.57 Å². The van der Waals surface area contributed by atoms with Gasteiger partial charge in [0.15, 0.2) is 0 Å². The lowest BCUT2D eigenvalue weighted by molar-refractivity contribution is 0.388. The Morgan fingerprint density at radius 2 is 2.20 bits per heavy atom. The molecule has 4 nitrogen and oxygen atoms in total. The molecule has 10 heavy (non-hydrogen) atoms. The summed E-state index contributed by atoms with van der Waals surface area (Å²) in [6.07, 6.45) is 0. The number of nitrogens with two attached hydrogens (primary N) is 1. The standard InChI is InChI=1S/C4H6NO3PS/c5-3-1-2-10-4(3)9(6,7)8/h1-2H,5H2,(H2,6,7,8). The highest BCUT2D eigenvalue weighted by atomic mass is 32.1. The van der Waals surface area contributed by atoms with Crippen LogP contribution in [0.15, 0.2) is 11.4 Å². The summed E-state index contributed by atoms with van der Waals surface area (Å²) in [5.41, 5.74) is 5.41. The van der Waals surface area contributed by atoms with Crippen LogP contribution in [0, 0.1) is 0 Å². The van der Waals surface area contributed by atoms with Crippen molar-refractivity contribution in [2.24, 2.45) is 0 Å². The van der Waals surface area contributed by atoms with Crippen molar-refractivity contribution >= 4 is 29.2 Å². The van der Waals surface area contributed by atoms with Crippen molar-refractivity contribution in [3.8, 4) is 0 Å². The van der Waals surface area contributed by atoms with Crippen molar-refractivity contribution < 1.29 is 14.4 Å². The van der Waals surface area contributed by atoms with Gasteiger partial charge in [0.05, 0.1) is 5.69 Å². The second kappa shape index (κ2) is 2.36. The third-order valence-electron chi connectivity index (χ3n) is 0.939. The predicted octanol–water partition coefficient (Wildman–Crippen LogP) is 0.133. The molecule has 0 amide bonds. The second-order valence-corrected chi connectivity index (χ2v) is 4.48. The van der Waals surface area contributed by atoms with E-state index in [0.717, 1.165) is 11.3 Å². The van der Waals surface area contributed by atoms with Crippen LogP contribution in [-0.4, -0.2) is 9.79 Å². The lowest BCUT2D eigenvalue weighted by atomic mass is 10.6. The summed E-state index contributed by atoms with van der Waals surface area (Å²) in [6.45, 7) is 0. The van der Waals surface area contributed by atoms with Gasteiger partial charge in [0.2, 0.25) is 0 Å². The largest absolute Gasteiger partial charge is 0.397 e. The molecule has 4 N–H and O–H groups in total. The van der Waals surface area contributed by atoms with Gasteiger partial charge in [-0.15, -0.1) is 11.3 Å². The Morgan fingerprint density at radius 3 is 2.40 bits per heavy atom. The van der Waals surface area contributed by atoms with Gasteiger partial charge in [-0.25, -0.2) is 0 Å². The predicted molar refractivity (Wildman–Crippen MR) is 40.4 cm³/mol. The van der Waals surface area contributed by atoms with Crippen molar-refractivity contribution in [1.82, 2.24) is 0 Å². The van der Waals surface area contributed by atoms with Gasteiger partial charge >= 0.3 is 7.60 Å². The molecule has 1 aromatic heterocycles. The number of nitrogen functional groups attached to an aromatic ring is 1. The van der Waals surface area contributed by atoms with Crippen LogP contribution < -0.4 is 10.4 Å². The highest BCUT2D eigenvalue weighted by molar-refractivity contribution is 7.67. The van der Waals surface area contributed by atoms with Crippen molar-refractivity contribution in [1.29, 1.82) is 0 Å². The van der Waals surface area contributed by atoms with Gasteiger partial charge in [-0.1, -0.05) is 0 Å². The van der Waals surface area contributed by atoms with E-state index >= 15 is 0 Å². The molecule has 1 rings (SSSR count). The number of rotatable bonds is 1. The minimum absolute atomic E-state index is 0.0486. The molecule has 0 fully saturated rings. The molecule has 0 unspecified atom stereocenters. The molecule has 0 aliphatic carbocycles. The summed E-state index contributed by atoms with van der Waals surface area (Å²) in [6, 6.07) is 1.47. The molecule has 0 radical (unpaired) electrons. The van der Waals surface area contributed by atoms with E-state index < -0.39 is 7.60 Å². The maximum atomic E-state index is 10.5. The molecule has 0 saturated carbocycles. The molecule has 6 heteroatoms. The van der Waals surface area contributed by atoms with Crippen LogP contribution in [0.2, 0.25) is 0 Å². The lowest BCUT2D eigenvalue weighted by Crippen LogP contribution is -2.03. The van der Waals surface area contributed by atoms with Gasteiger partial charge in [0, 0.05) is 0 Å². The molecule has 0 spiro atoms. The fraction of sp³-hybridized carbons (Fsp3) is 0. The van der Waals surface area contributed by atoms with Gasteiger partial charge in [-0.2, -0.15) is 0 Å². The minimum atomic E-state index is -4.11. The highest BCUT2D eigenvalue weighted by Gasteiger charge is 2.21. The first-order valence-electron chi connectivity index (χ1n) is 2.41. The van der Waals surface area contributed by atoms with Crippen LogP contribution in [-0.2, 0) is 4.57 Å². The topological polar surface area (TPSA) is 83.6 Å². The summed E-state index contributed by atoms with van der Waals surface area (Å²) < 4.78 is 10.5. The molecule has 1 aromatic rings. The van der Waals surface area contributed by atoms with E-state index in [0.29, 0.717) is 0 Å². The first kappa shape index (κ1) is 7.75. The molecule has 0 aromatic carbocycles. The van der Waals surface area contributed by atoms with Crippen LogP contribution in [0.25, 0.3) is 0 Å². The van der Waals surface area contributed by atoms with Crippen LogP contribution in [0.3, 0.4) is 0 Å².